The lowest BCUT2D eigenvalue weighted by atomic mass is 10.1. The van der Waals surface area contributed by atoms with Crippen LogP contribution in [0.5, 0.6) is 0 Å². The summed E-state index contributed by atoms with van der Waals surface area (Å²) in [6.45, 7) is 0.738. The van der Waals surface area contributed by atoms with E-state index in [1.165, 1.54) is 0 Å². The number of amides is 1. The molecule has 126 valence electrons. The van der Waals surface area contributed by atoms with Crippen molar-refractivity contribution in [1.82, 2.24) is 5.32 Å². The number of rotatable bonds is 11. The maximum absolute atomic E-state index is 11.7. The molecule has 1 amide bonds. The first kappa shape index (κ1) is 18.5. The highest BCUT2D eigenvalue weighted by molar-refractivity contribution is 5.95. The van der Waals surface area contributed by atoms with Crippen LogP contribution < -0.4 is 16.4 Å². The van der Waals surface area contributed by atoms with Crippen molar-refractivity contribution in [3.63, 3.8) is 0 Å². The van der Waals surface area contributed by atoms with Gasteiger partial charge in [0.1, 0.15) is 5.84 Å². The number of unbranched alkanes of at least 4 members (excludes halogenated alkanes) is 3. The van der Waals surface area contributed by atoms with Gasteiger partial charge in [-0.15, -0.1) is 0 Å². The van der Waals surface area contributed by atoms with Crippen LogP contribution in [0.25, 0.3) is 0 Å². The molecule has 1 rings (SSSR count). The van der Waals surface area contributed by atoms with E-state index >= 15 is 0 Å². The molecule has 0 bridgehead atoms. The van der Waals surface area contributed by atoms with Crippen molar-refractivity contribution in [1.29, 1.82) is 5.41 Å². The van der Waals surface area contributed by atoms with E-state index in [0.717, 1.165) is 24.9 Å². The molecule has 0 aliphatic rings. The van der Waals surface area contributed by atoms with Crippen LogP contribution in [0.3, 0.4) is 0 Å². The van der Waals surface area contributed by atoms with Gasteiger partial charge in [0.25, 0.3) is 0 Å². The molecule has 0 atom stereocenters. The minimum absolute atomic E-state index is 0.0130. The number of carbonyl (C=O) groups is 2. The van der Waals surface area contributed by atoms with Crippen LogP contribution in [0.15, 0.2) is 24.3 Å². The van der Waals surface area contributed by atoms with Crippen molar-refractivity contribution in [2.45, 2.75) is 32.1 Å². The van der Waals surface area contributed by atoms with Crippen LogP contribution >= 0.6 is 0 Å². The van der Waals surface area contributed by atoms with Crippen molar-refractivity contribution >= 4 is 23.4 Å². The molecule has 0 aromatic heterocycles. The minimum atomic E-state index is -0.766. The molecule has 0 aliphatic heterocycles. The lowest BCUT2D eigenvalue weighted by Gasteiger charge is -2.09. The van der Waals surface area contributed by atoms with Gasteiger partial charge in [0.2, 0.25) is 5.91 Å². The Kier molecular flexibility index (Phi) is 8.20. The van der Waals surface area contributed by atoms with E-state index in [1.54, 1.807) is 18.2 Å². The summed E-state index contributed by atoms with van der Waals surface area (Å²) in [5.41, 5.74) is 6.76. The van der Waals surface area contributed by atoms with Gasteiger partial charge >= 0.3 is 5.97 Å². The van der Waals surface area contributed by atoms with E-state index in [9.17, 15) is 9.59 Å². The Morgan fingerprint density at radius 3 is 2.61 bits per heavy atom. The van der Waals surface area contributed by atoms with Crippen LogP contribution in [0.4, 0.5) is 5.69 Å². The molecule has 7 nitrogen and oxygen atoms in total. The lowest BCUT2D eigenvalue weighted by Crippen LogP contribution is -2.30. The van der Waals surface area contributed by atoms with Crippen LogP contribution in [0, 0.1) is 5.41 Å². The maximum Gasteiger partial charge on any atom is 0.303 e. The first-order chi connectivity index (χ1) is 11.0. The Balaban J connectivity index is 2.14. The molecule has 6 N–H and O–H groups in total. The largest absolute Gasteiger partial charge is 0.481 e. The second-order valence-electron chi connectivity index (χ2n) is 5.26. The van der Waals surface area contributed by atoms with Crippen LogP contribution in [-0.4, -0.2) is 35.9 Å². The zero-order valence-corrected chi connectivity index (χ0v) is 13.1. The van der Waals surface area contributed by atoms with Crippen molar-refractivity contribution < 1.29 is 14.7 Å². The topological polar surface area (TPSA) is 128 Å². The predicted octanol–water partition coefficient (Wildman–Crippen LogP) is 1.53. The number of nitrogen functional groups attached to an aromatic ring is 1. The van der Waals surface area contributed by atoms with Gasteiger partial charge in [-0.1, -0.05) is 25.0 Å². The van der Waals surface area contributed by atoms with Crippen molar-refractivity contribution in [2.24, 2.45) is 5.73 Å². The highest BCUT2D eigenvalue weighted by atomic mass is 16.4. The van der Waals surface area contributed by atoms with Crippen molar-refractivity contribution in [3.05, 3.63) is 29.8 Å². The van der Waals surface area contributed by atoms with Gasteiger partial charge in [-0.2, -0.15) is 0 Å². The highest BCUT2D eigenvalue weighted by Crippen LogP contribution is 2.09. The summed E-state index contributed by atoms with van der Waals surface area (Å²) in [7, 11) is 0. The fourth-order valence-corrected chi connectivity index (χ4v) is 2.02. The summed E-state index contributed by atoms with van der Waals surface area (Å²) in [5.74, 6) is -0.886. The van der Waals surface area contributed by atoms with E-state index in [1.807, 2.05) is 6.07 Å². The molecule has 0 aliphatic carbocycles. The van der Waals surface area contributed by atoms with E-state index in [4.69, 9.17) is 16.2 Å². The molecule has 23 heavy (non-hydrogen) atoms. The second kappa shape index (κ2) is 10.2. The molecule has 0 saturated carbocycles. The van der Waals surface area contributed by atoms with Gasteiger partial charge in [0.15, 0.2) is 0 Å². The van der Waals surface area contributed by atoms with Gasteiger partial charge in [0.05, 0.1) is 6.54 Å². The zero-order valence-electron chi connectivity index (χ0n) is 13.1. The van der Waals surface area contributed by atoms with Crippen LogP contribution in [0.1, 0.15) is 37.7 Å². The Labute approximate surface area is 135 Å². The zero-order chi connectivity index (χ0) is 17.1. The number of carboxylic acids is 1. The number of amidine groups is 1. The van der Waals surface area contributed by atoms with Gasteiger partial charge in [-0.25, -0.2) is 0 Å². The Hall–Kier alpha value is -2.57. The number of anilines is 1. The summed E-state index contributed by atoms with van der Waals surface area (Å²) in [4.78, 5) is 22.0. The third-order valence-electron chi connectivity index (χ3n) is 3.27. The maximum atomic E-state index is 11.7. The monoisotopic (exact) mass is 320 g/mol. The summed E-state index contributed by atoms with van der Waals surface area (Å²) >= 11 is 0. The first-order valence-electron chi connectivity index (χ1n) is 7.66. The first-order valence-corrected chi connectivity index (χ1v) is 7.66. The number of benzene rings is 1. The third kappa shape index (κ3) is 8.45. The van der Waals surface area contributed by atoms with Crippen molar-refractivity contribution in [3.8, 4) is 0 Å². The molecule has 0 unspecified atom stereocenters. The Morgan fingerprint density at radius 1 is 1.17 bits per heavy atom. The number of carbonyl (C=O) groups excluding carboxylic acids is 1. The lowest BCUT2D eigenvalue weighted by molar-refractivity contribution is -0.137. The van der Waals surface area contributed by atoms with Gasteiger partial charge in [0, 0.05) is 24.2 Å². The van der Waals surface area contributed by atoms with Gasteiger partial charge in [-0.05, 0) is 25.0 Å². The average Bonchev–Trinajstić information content (AvgIpc) is 2.52. The minimum Gasteiger partial charge on any atom is -0.481 e. The van der Waals surface area contributed by atoms with Crippen LogP contribution in [-0.2, 0) is 9.59 Å². The number of aliphatic carboxylic acids is 1. The van der Waals surface area contributed by atoms with E-state index in [2.05, 4.69) is 10.6 Å². The van der Waals surface area contributed by atoms with Crippen LogP contribution in [0.2, 0.25) is 0 Å². The molecule has 7 heteroatoms. The standard InChI is InChI=1S/C16H24N4O3/c17-16(18)12-6-5-7-13(10-12)20-11-14(21)19-9-4-2-1-3-8-15(22)23/h5-7,10,20H,1-4,8-9,11H2,(H3,17,18)(H,19,21)(H,22,23). The fourth-order valence-electron chi connectivity index (χ4n) is 2.02. The molecule has 1 aromatic rings. The van der Waals surface area contributed by atoms with E-state index in [-0.39, 0.29) is 24.7 Å². The molecule has 0 radical (unpaired) electrons. The molecule has 0 heterocycles. The quantitative estimate of drug-likeness (QED) is 0.240. The average molecular weight is 320 g/mol. The molecular weight excluding hydrogens is 296 g/mol. The number of nitrogens with one attached hydrogen (secondary N) is 3. The van der Waals surface area contributed by atoms with Crippen molar-refractivity contribution in [2.75, 3.05) is 18.4 Å². The SMILES string of the molecule is N=C(N)c1cccc(NCC(=O)NCCCCCCC(=O)O)c1. The van der Waals surface area contributed by atoms with E-state index < -0.39 is 5.97 Å². The molecular formula is C16H24N4O3. The second-order valence-corrected chi connectivity index (χ2v) is 5.26. The number of hydrogen-bond donors (Lipinski definition) is 5. The predicted molar refractivity (Wildman–Crippen MR) is 89.7 cm³/mol. The number of hydrogen-bond acceptors (Lipinski definition) is 4. The van der Waals surface area contributed by atoms with Gasteiger partial charge < -0.3 is 21.5 Å². The number of nitrogens with two attached hydrogens (primary N) is 1. The normalized spacial score (nSPS) is 10.1. The highest BCUT2D eigenvalue weighted by Gasteiger charge is 2.02. The van der Waals surface area contributed by atoms with E-state index in [0.29, 0.717) is 18.5 Å². The summed E-state index contributed by atoms with van der Waals surface area (Å²) in [6.07, 6.45) is 3.48. The summed E-state index contributed by atoms with van der Waals surface area (Å²) < 4.78 is 0. The molecule has 0 spiro atoms. The van der Waals surface area contributed by atoms with Gasteiger partial charge in [-0.3, -0.25) is 15.0 Å². The molecule has 0 fully saturated rings. The molecule has 0 saturated heterocycles. The summed E-state index contributed by atoms with van der Waals surface area (Å²) in [6, 6.07) is 7.03. The summed E-state index contributed by atoms with van der Waals surface area (Å²) in [5, 5.41) is 21.7. The molecule has 1 aromatic carbocycles. The Morgan fingerprint density at radius 2 is 1.91 bits per heavy atom. The Bertz CT molecular complexity index is 546. The fraction of sp³-hybridized carbons (Fsp3) is 0.438. The number of carboxylic acid groups (broad SMARTS) is 1. The third-order valence-corrected chi connectivity index (χ3v) is 3.27. The smallest absolute Gasteiger partial charge is 0.303 e.